The zero-order valence-electron chi connectivity index (χ0n) is 17.4. The zero-order chi connectivity index (χ0) is 23.6. The minimum absolute atomic E-state index is 0.0728. The molecule has 11 heteroatoms. The fourth-order valence-electron chi connectivity index (χ4n) is 3.71. The molecule has 1 aliphatic rings. The molecule has 3 N–H and O–H groups in total. The molecule has 0 bridgehead atoms. The fraction of sp³-hybridized carbons (Fsp3) is 0.227. The molecule has 0 amide bonds. The van der Waals surface area contributed by atoms with Crippen LogP contribution in [0.5, 0.6) is 5.75 Å². The van der Waals surface area contributed by atoms with Crippen LogP contribution < -0.4 is 9.62 Å². The summed E-state index contributed by atoms with van der Waals surface area (Å²) < 4.78 is 30.3. The standard InChI is InChI=1S/C22H22ClN3O5S2/c23-15-5-7-16(8-6-15)25-9-11-26(12-10-25)33(30,31)24-19-13-20(32-14-21(27)28)22(29)18-4-2-1-3-17(18)19/h1-8,13,24,29H,9-12,14H2,(H,27,28). The van der Waals surface area contributed by atoms with Crippen LogP contribution in [0.15, 0.2) is 59.5 Å². The van der Waals surface area contributed by atoms with Gasteiger partial charge in [-0.05, 0) is 30.3 Å². The largest absolute Gasteiger partial charge is 0.506 e. The third-order valence-electron chi connectivity index (χ3n) is 5.34. The van der Waals surface area contributed by atoms with Gasteiger partial charge in [-0.1, -0.05) is 35.9 Å². The number of carbonyl (C=O) groups is 1. The first kappa shape index (κ1) is 23.5. The Morgan fingerprint density at radius 2 is 1.67 bits per heavy atom. The highest BCUT2D eigenvalue weighted by Gasteiger charge is 2.28. The number of thioether (sulfide) groups is 1. The van der Waals surface area contributed by atoms with Gasteiger partial charge in [0.1, 0.15) is 5.75 Å². The molecule has 174 valence electrons. The van der Waals surface area contributed by atoms with E-state index in [0.717, 1.165) is 17.4 Å². The van der Waals surface area contributed by atoms with Gasteiger partial charge in [0.25, 0.3) is 0 Å². The lowest BCUT2D eigenvalue weighted by atomic mass is 10.1. The Bertz CT molecular complexity index is 1280. The van der Waals surface area contributed by atoms with Gasteiger partial charge in [0.15, 0.2) is 0 Å². The van der Waals surface area contributed by atoms with E-state index in [-0.39, 0.29) is 17.2 Å². The fourth-order valence-corrected chi connectivity index (χ4v) is 5.78. The molecular weight excluding hydrogens is 486 g/mol. The highest BCUT2D eigenvalue weighted by molar-refractivity contribution is 8.00. The molecule has 0 saturated carbocycles. The van der Waals surface area contributed by atoms with Crippen molar-refractivity contribution in [1.29, 1.82) is 0 Å². The third-order valence-corrected chi connectivity index (χ3v) is 8.13. The van der Waals surface area contributed by atoms with Crippen LogP contribution in [0.2, 0.25) is 5.02 Å². The number of halogens is 1. The molecule has 1 fully saturated rings. The van der Waals surface area contributed by atoms with E-state index in [9.17, 15) is 18.3 Å². The van der Waals surface area contributed by atoms with Crippen LogP contribution in [-0.4, -0.2) is 60.8 Å². The van der Waals surface area contributed by atoms with Crippen molar-refractivity contribution < 1.29 is 23.4 Å². The minimum atomic E-state index is -3.87. The van der Waals surface area contributed by atoms with Gasteiger partial charge in [-0.3, -0.25) is 9.52 Å². The Morgan fingerprint density at radius 3 is 2.30 bits per heavy atom. The molecule has 1 heterocycles. The van der Waals surface area contributed by atoms with Gasteiger partial charge in [0, 0.05) is 47.7 Å². The maximum Gasteiger partial charge on any atom is 0.313 e. The van der Waals surface area contributed by atoms with Gasteiger partial charge in [-0.25, -0.2) is 0 Å². The molecule has 0 spiro atoms. The molecule has 0 unspecified atom stereocenters. The second kappa shape index (κ2) is 9.68. The van der Waals surface area contributed by atoms with E-state index in [0.29, 0.717) is 46.9 Å². The van der Waals surface area contributed by atoms with Crippen molar-refractivity contribution in [3.8, 4) is 5.75 Å². The highest BCUT2D eigenvalue weighted by atomic mass is 35.5. The number of rotatable bonds is 7. The summed E-state index contributed by atoms with van der Waals surface area (Å²) in [5.41, 5.74) is 1.27. The van der Waals surface area contributed by atoms with Crippen molar-refractivity contribution in [3.63, 3.8) is 0 Å². The molecule has 4 rings (SSSR count). The van der Waals surface area contributed by atoms with Crippen LogP contribution in [0, 0.1) is 0 Å². The van der Waals surface area contributed by atoms with Crippen LogP contribution in [0.1, 0.15) is 0 Å². The number of hydrogen-bond donors (Lipinski definition) is 3. The van der Waals surface area contributed by atoms with Gasteiger partial charge in [0.2, 0.25) is 0 Å². The van der Waals surface area contributed by atoms with E-state index in [1.165, 1.54) is 10.4 Å². The summed E-state index contributed by atoms with van der Waals surface area (Å²) in [6.45, 7) is 1.65. The summed E-state index contributed by atoms with van der Waals surface area (Å²) in [7, 11) is -3.87. The Hall–Kier alpha value is -2.66. The molecule has 0 atom stereocenters. The van der Waals surface area contributed by atoms with Crippen LogP contribution in [0.3, 0.4) is 0 Å². The van der Waals surface area contributed by atoms with E-state index in [1.54, 1.807) is 36.4 Å². The van der Waals surface area contributed by atoms with Gasteiger partial charge >= 0.3 is 16.2 Å². The van der Waals surface area contributed by atoms with Gasteiger partial charge in [-0.2, -0.15) is 12.7 Å². The molecule has 3 aromatic rings. The second-order valence-electron chi connectivity index (χ2n) is 7.47. The smallest absolute Gasteiger partial charge is 0.313 e. The van der Waals surface area contributed by atoms with Crippen molar-refractivity contribution in [3.05, 3.63) is 59.6 Å². The first-order chi connectivity index (χ1) is 15.7. The number of anilines is 2. The topological polar surface area (TPSA) is 110 Å². The summed E-state index contributed by atoms with van der Waals surface area (Å²) >= 11 is 6.88. The minimum Gasteiger partial charge on any atom is -0.506 e. The van der Waals surface area contributed by atoms with Gasteiger partial charge in [-0.15, -0.1) is 11.8 Å². The van der Waals surface area contributed by atoms with E-state index in [1.807, 2.05) is 12.1 Å². The number of nitrogens with zero attached hydrogens (tertiary/aromatic N) is 2. The summed E-state index contributed by atoms with van der Waals surface area (Å²) in [6.07, 6.45) is 0. The molecule has 3 aromatic carbocycles. The first-order valence-corrected chi connectivity index (χ1v) is 12.9. The van der Waals surface area contributed by atoms with Crippen molar-refractivity contribution >= 4 is 61.7 Å². The SMILES string of the molecule is O=C(O)CSc1cc(NS(=O)(=O)N2CCN(c3ccc(Cl)cc3)CC2)c2ccccc2c1O. The molecule has 33 heavy (non-hydrogen) atoms. The number of phenols is 1. The third kappa shape index (κ3) is 5.30. The van der Waals surface area contributed by atoms with Crippen LogP contribution >= 0.6 is 23.4 Å². The number of aromatic hydroxyl groups is 1. The summed E-state index contributed by atoms with van der Waals surface area (Å²) in [5.74, 6) is -1.37. The van der Waals surface area contributed by atoms with E-state index < -0.39 is 16.2 Å². The lowest BCUT2D eigenvalue weighted by Gasteiger charge is -2.35. The summed E-state index contributed by atoms with van der Waals surface area (Å²) in [4.78, 5) is 13.4. The van der Waals surface area contributed by atoms with E-state index in [2.05, 4.69) is 9.62 Å². The lowest BCUT2D eigenvalue weighted by molar-refractivity contribution is -0.133. The number of nitrogens with one attached hydrogen (secondary N) is 1. The monoisotopic (exact) mass is 507 g/mol. The van der Waals surface area contributed by atoms with Crippen molar-refractivity contribution in [2.24, 2.45) is 0 Å². The predicted molar refractivity (Wildman–Crippen MR) is 132 cm³/mol. The van der Waals surface area contributed by atoms with Crippen molar-refractivity contribution in [2.45, 2.75) is 4.90 Å². The number of hydrogen-bond acceptors (Lipinski definition) is 6. The maximum atomic E-state index is 13.2. The van der Waals surface area contributed by atoms with Crippen molar-refractivity contribution in [1.82, 2.24) is 4.31 Å². The summed E-state index contributed by atoms with van der Waals surface area (Å²) in [6, 6.07) is 15.7. The normalized spacial score (nSPS) is 15.0. The molecule has 1 aliphatic heterocycles. The average molecular weight is 508 g/mol. The summed E-state index contributed by atoms with van der Waals surface area (Å²) in [5, 5.41) is 21.2. The number of aliphatic carboxylic acids is 1. The Morgan fingerprint density at radius 1 is 1.03 bits per heavy atom. The number of carboxylic acids is 1. The molecule has 8 nitrogen and oxygen atoms in total. The molecule has 0 aliphatic carbocycles. The molecular formula is C22H22ClN3O5S2. The Labute approximate surface area is 200 Å². The van der Waals surface area contributed by atoms with E-state index >= 15 is 0 Å². The maximum absolute atomic E-state index is 13.2. The number of phenolic OH excluding ortho intramolecular Hbond substituents is 1. The average Bonchev–Trinajstić information content (AvgIpc) is 2.80. The second-order valence-corrected chi connectivity index (χ2v) is 10.6. The highest BCUT2D eigenvalue weighted by Crippen LogP contribution is 2.40. The van der Waals surface area contributed by atoms with Crippen LogP contribution in [0.4, 0.5) is 11.4 Å². The van der Waals surface area contributed by atoms with E-state index in [4.69, 9.17) is 16.7 Å². The number of carboxylic acid groups (broad SMARTS) is 1. The Kier molecular flexibility index (Phi) is 6.89. The molecule has 0 radical (unpaired) electrons. The number of fused-ring (bicyclic) bond motifs is 1. The predicted octanol–water partition coefficient (Wildman–Crippen LogP) is 3.85. The first-order valence-electron chi connectivity index (χ1n) is 10.1. The van der Waals surface area contributed by atoms with Gasteiger partial charge < -0.3 is 15.1 Å². The molecule has 1 saturated heterocycles. The van der Waals surface area contributed by atoms with Crippen molar-refractivity contribution in [2.75, 3.05) is 41.6 Å². The van der Waals surface area contributed by atoms with Crippen LogP contribution in [-0.2, 0) is 15.0 Å². The van der Waals surface area contributed by atoms with Crippen LogP contribution in [0.25, 0.3) is 10.8 Å². The quantitative estimate of drug-likeness (QED) is 0.329. The molecule has 0 aromatic heterocycles. The van der Waals surface area contributed by atoms with Gasteiger partial charge in [0.05, 0.1) is 16.3 Å². The zero-order valence-corrected chi connectivity index (χ0v) is 19.8. The number of benzene rings is 3. The number of piperazine rings is 1. The Balaban J connectivity index is 1.55. The lowest BCUT2D eigenvalue weighted by Crippen LogP contribution is -2.50.